The van der Waals surface area contributed by atoms with Crippen LogP contribution in [0.25, 0.3) is 11.3 Å². The van der Waals surface area contributed by atoms with Crippen molar-refractivity contribution in [1.82, 2.24) is 9.55 Å². The van der Waals surface area contributed by atoms with E-state index in [0.29, 0.717) is 17.4 Å². The highest BCUT2D eigenvalue weighted by Crippen LogP contribution is 2.30. The summed E-state index contributed by atoms with van der Waals surface area (Å²) < 4.78 is 15.4. The van der Waals surface area contributed by atoms with E-state index in [1.165, 1.54) is 6.07 Å². The number of aryl methyl sites for hydroxylation is 1. The third-order valence-electron chi connectivity index (χ3n) is 3.30. The largest absolute Gasteiger partial charge is 0.383 e. The molecule has 0 saturated carbocycles. The molecule has 0 amide bonds. The Bertz CT molecular complexity index is 635. The van der Waals surface area contributed by atoms with Crippen molar-refractivity contribution in [2.75, 3.05) is 5.73 Å². The number of hydrogen-bond donors (Lipinski definition) is 1. The summed E-state index contributed by atoms with van der Waals surface area (Å²) in [6.45, 7) is 7.22. The molecule has 21 heavy (non-hydrogen) atoms. The second kappa shape index (κ2) is 6.48. The fourth-order valence-corrected chi connectivity index (χ4v) is 2.53. The Kier molecular flexibility index (Phi) is 4.88. The molecule has 0 aliphatic heterocycles. The van der Waals surface area contributed by atoms with Gasteiger partial charge < -0.3 is 10.3 Å². The molecule has 1 aromatic heterocycles. The minimum absolute atomic E-state index is 0.0855. The number of rotatable bonds is 5. The number of anilines is 1. The van der Waals surface area contributed by atoms with Gasteiger partial charge in [-0.25, -0.2) is 9.37 Å². The average Bonchev–Trinajstić information content (AvgIpc) is 2.71. The standard InChI is InChI=1S/C16H21ClFN3/c1-4-5-14-20-15(16(19)21(14)9-10(2)3)11-6-7-13(18)12(17)8-11/h6-8,10H,4-5,9,19H2,1-3H3. The number of nitrogens with two attached hydrogens (primary N) is 1. The van der Waals surface area contributed by atoms with Crippen molar-refractivity contribution < 1.29 is 4.39 Å². The Morgan fingerprint density at radius 1 is 1.38 bits per heavy atom. The molecule has 3 nitrogen and oxygen atoms in total. The molecular weight excluding hydrogens is 289 g/mol. The maximum absolute atomic E-state index is 13.3. The van der Waals surface area contributed by atoms with Crippen molar-refractivity contribution in [2.45, 2.75) is 40.2 Å². The average molecular weight is 310 g/mol. The van der Waals surface area contributed by atoms with Gasteiger partial charge in [0.2, 0.25) is 0 Å². The van der Waals surface area contributed by atoms with Crippen molar-refractivity contribution in [1.29, 1.82) is 0 Å². The Morgan fingerprint density at radius 2 is 2.10 bits per heavy atom. The summed E-state index contributed by atoms with van der Waals surface area (Å²) in [6.07, 6.45) is 1.87. The van der Waals surface area contributed by atoms with Gasteiger partial charge in [-0.2, -0.15) is 0 Å². The lowest BCUT2D eigenvalue weighted by atomic mass is 10.1. The van der Waals surface area contributed by atoms with Gasteiger partial charge in [-0.05, 0) is 30.5 Å². The minimum Gasteiger partial charge on any atom is -0.383 e. The van der Waals surface area contributed by atoms with E-state index in [4.69, 9.17) is 17.3 Å². The summed E-state index contributed by atoms with van der Waals surface area (Å²) in [5.74, 6) is 1.63. The van der Waals surface area contributed by atoms with E-state index in [-0.39, 0.29) is 5.02 Å². The van der Waals surface area contributed by atoms with Crippen molar-refractivity contribution in [3.05, 3.63) is 34.9 Å². The maximum atomic E-state index is 13.3. The molecule has 0 atom stereocenters. The summed E-state index contributed by atoms with van der Waals surface area (Å²) in [6, 6.07) is 4.58. The fraction of sp³-hybridized carbons (Fsp3) is 0.438. The topological polar surface area (TPSA) is 43.8 Å². The van der Waals surface area contributed by atoms with Crippen molar-refractivity contribution in [3.8, 4) is 11.3 Å². The summed E-state index contributed by atoms with van der Waals surface area (Å²) in [7, 11) is 0. The van der Waals surface area contributed by atoms with Crippen molar-refractivity contribution in [3.63, 3.8) is 0 Å². The van der Waals surface area contributed by atoms with Gasteiger partial charge in [0, 0.05) is 18.5 Å². The summed E-state index contributed by atoms with van der Waals surface area (Å²) >= 11 is 5.86. The van der Waals surface area contributed by atoms with Crippen LogP contribution in [0.4, 0.5) is 10.2 Å². The molecule has 0 unspecified atom stereocenters. The van der Waals surface area contributed by atoms with Gasteiger partial charge in [-0.15, -0.1) is 0 Å². The highest BCUT2D eigenvalue weighted by Gasteiger charge is 2.17. The molecular formula is C16H21ClFN3. The zero-order valence-electron chi connectivity index (χ0n) is 12.7. The first-order valence-electron chi connectivity index (χ1n) is 7.24. The maximum Gasteiger partial charge on any atom is 0.141 e. The number of imidazole rings is 1. The van der Waals surface area contributed by atoms with Gasteiger partial charge in [0.05, 0.1) is 5.02 Å². The molecule has 1 aromatic carbocycles. The Morgan fingerprint density at radius 3 is 2.67 bits per heavy atom. The van der Waals surface area contributed by atoms with E-state index in [2.05, 4.69) is 30.3 Å². The van der Waals surface area contributed by atoms with E-state index >= 15 is 0 Å². The van der Waals surface area contributed by atoms with E-state index in [0.717, 1.165) is 30.8 Å². The van der Waals surface area contributed by atoms with Gasteiger partial charge >= 0.3 is 0 Å². The van der Waals surface area contributed by atoms with Gasteiger partial charge in [0.1, 0.15) is 23.2 Å². The molecule has 0 fully saturated rings. The molecule has 2 aromatic rings. The molecule has 0 spiro atoms. The predicted octanol–water partition coefficient (Wildman–Crippen LogP) is 4.53. The van der Waals surface area contributed by atoms with Crippen LogP contribution in [-0.4, -0.2) is 9.55 Å². The summed E-state index contributed by atoms with van der Waals surface area (Å²) in [5, 5.41) is 0.0855. The molecule has 2 rings (SSSR count). The van der Waals surface area contributed by atoms with E-state index in [1.807, 2.05) is 0 Å². The summed E-state index contributed by atoms with van der Waals surface area (Å²) in [4.78, 5) is 4.65. The van der Waals surface area contributed by atoms with Crippen molar-refractivity contribution in [2.24, 2.45) is 5.92 Å². The zero-order chi connectivity index (χ0) is 15.6. The number of benzene rings is 1. The van der Waals surface area contributed by atoms with Crippen LogP contribution in [0.3, 0.4) is 0 Å². The van der Waals surface area contributed by atoms with Gasteiger partial charge in [-0.3, -0.25) is 0 Å². The first kappa shape index (κ1) is 15.8. The molecule has 1 heterocycles. The Balaban J connectivity index is 2.50. The highest BCUT2D eigenvalue weighted by atomic mass is 35.5. The second-order valence-corrected chi connectivity index (χ2v) is 6.05. The quantitative estimate of drug-likeness (QED) is 0.881. The molecule has 0 aliphatic carbocycles. The molecule has 114 valence electrons. The summed E-state index contributed by atoms with van der Waals surface area (Å²) in [5.41, 5.74) is 7.70. The first-order valence-corrected chi connectivity index (χ1v) is 7.62. The lowest BCUT2D eigenvalue weighted by Gasteiger charge is -2.12. The van der Waals surface area contributed by atoms with E-state index in [9.17, 15) is 4.39 Å². The zero-order valence-corrected chi connectivity index (χ0v) is 13.4. The molecule has 5 heteroatoms. The third kappa shape index (κ3) is 3.38. The number of aromatic nitrogens is 2. The van der Waals surface area contributed by atoms with Crippen LogP contribution in [0.15, 0.2) is 18.2 Å². The van der Waals surface area contributed by atoms with Crippen LogP contribution >= 0.6 is 11.6 Å². The van der Waals surface area contributed by atoms with Crippen molar-refractivity contribution >= 4 is 17.4 Å². The number of halogens is 2. The van der Waals surface area contributed by atoms with Crippen LogP contribution in [0.1, 0.15) is 33.0 Å². The molecule has 0 aliphatic rings. The van der Waals surface area contributed by atoms with E-state index in [1.54, 1.807) is 12.1 Å². The van der Waals surface area contributed by atoms with Crippen LogP contribution in [0.2, 0.25) is 5.02 Å². The highest BCUT2D eigenvalue weighted by molar-refractivity contribution is 6.31. The lowest BCUT2D eigenvalue weighted by molar-refractivity contribution is 0.510. The number of nitrogen functional groups attached to an aromatic ring is 1. The number of hydrogen-bond acceptors (Lipinski definition) is 2. The van der Waals surface area contributed by atoms with Gasteiger partial charge in [-0.1, -0.05) is 32.4 Å². The molecule has 0 saturated heterocycles. The van der Waals surface area contributed by atoms with Crippen LogP contribution in [0, 0.1) is 11.7 Å². The third-order valence-corrected chi connectivity index (χ3v) is 3.59. The molecule has 0 radical (unpaired) electrons. The first-order chi connectivity index (χ1) is 9.93. The SMILES string of the molecule is CCCc1nc(-c2ccc(F)c(Cl)c2)c(N)n1CC(C)C. The monoisotopic (exact) mass is 309 g/mol. The second-order valence-electron chi connectivity index (χ2n) is 5.65. The fourth-order valence-electron chi connectivity index (χ4n) is 2.35. The predicted molar refractivity (Wildman–Crippen MR) is 85.9 cm³/mol. The Hall–Kier alpha value is -1.55. The van der Waals surface area contributed by atoms with E-state index < -0.39 is 5.82 Å². The lowest BCUT2D eigenvalue weighted by Crippen LogP contribution is -2.11. The van der Waals surface area contributed by atoms with Gasteiger partial charge in [0.25, 0.3) is 0 Å². The smallest absolute Gasteiger partial charge is 0.141 e. The number of nitrogens with zero attached hydrogens (tertiary/aromatic N) is 2. The molecule has 0 bridgehead atoms. The van der Waals surface area contributed by atoms with Crippen LogP contribution in [0.5, 0.6) is 0 Å². The minimum atomic E-state index is -0.436. The Labute approximate surface area is 129 Å². The molecule has 2 N–H and O–H groups in total. The normalized spacial score (nSPS) is 11.3. The van der Waals surface area contributed by atoms with Crippen LogP contribution < -0.4 is 5.73 Å². The van der Waals surface area contributed by atoms with Gasteiger partial charge in [0.15, 0.2) is 0 Å². The van der Waals surface area contributed by atoms with Crippen LogP contribution in [-0.2, 0) is 13.0 Å².